The molecule has 1 aliphatic carbocycles. The summed E-state index contributed by atoms with van der Waals surface area (Å²) in [5.74, 6) is 0.623. The van der Waals surface area contributed by atoms with Crippen LogP contribution in [0.5, 0.6) is 11.5 Å². The van der Waals surface area contributed by atoms with Crippen LogP contribution >= 0.6 is 11.6 Å². The maximum absolute atomic E-state index is 11.6. The second kappa shape index (κ2) is 14.2. The molecule has 0 spiro atoms. The van der Waals surface area contributed by atoms with Crippen LogP contribution in [0.1, 0.15) is 64.2 Å². The highest BCUT2D eigenvalue weighted by molar-refractivity contribution is 6.33. The van der Waals surface area contributed by atoms with E-state index >= 15 is 0 Å². The maximum atomic E-state index is 11.6. The van der Waals surface area contributed by atoms with Gasteiger partial charge in [0.15, 0.2) is 0 Å². The van der Waals surface area contributed by atoms with E-state index in [9.17, 15) is 9.90 Å². The number of rotatable bonds is 11. The van der Waals surface area contributed by atoms with Gasteiger partial charge >= 0.3 is 5.97 Å². The Morgan fingerprint density at radius 3 is 2.63 bits per heavy atom. The number of ether oxygens (including phenoxy) is 2. The monoisotopic (exact) mass is 548 g/mol. The Bertz CT molecular complexity index is 1110. The minimum Gasteiger partial charge on any atom is -0.507 e. The van der Waals surface area contributed by atoms with Crippen molar-refractivity contribution in [1.82, 2.24) is 0 Å². The van der Waals surface area contributed by atoms with Gasteiger partial charge in [0.05, 0.1) is 30.7 Å². The smallest absolute Gasteiger partial charge is 0.347 e. The molecule has 210 valence electrons. The van der Waals surface area contributed by atoms with Crippen LogP contribution in [0.4, 0.5) is 0 Å². The largest absolute Gasteiger partial charge is 0.507 e. The van der Waals surface area contributed by atoms with Crippen molar-refractivity contribution in [3.05, 3.63) is 45.5 Å². The molecule has 2 rings (SSSR count). The van der Waals surface area contributed by atoms with Crippen molar-refractivity contribution in [2.75, 3.05) is 27.4 Å². The maximum Gasteiger partial charge on any atom is 0.347 e. The Hall–Kier alpha value is -3.00. The molecule has 0 aliphatic heterocycles. The third-order valence-corrected chi connectivity index (χ3v) is 8.03. The van der Waals surface area contributed by atoms with Gasteiger partial charge in [-0.1, -0.05) is 66.5 Å². The quantitative estimate of drug-likeness (QED) is 0.149. The number of hydrogen-bond donors (Lipinski definition) is 1. The fourth-order valence-electron chi connectivity index (χ4n) is 4.66. The third-order valence-electron chi connectivity index (χ3n) is 7.57. The van der Waals surface area contributed by atoms with Crippen molar-refractivity contribution in [1.29, 1.82) is 0 Å². The highest BCUT2D eigenvalue weighted by Gasteiger charge is 2.41. The van der Waals surface area contributed by atoms with Crippen molar-refractivity contribution < 1.29 is 29.0 Å². The number of carbonyl (C=O) groups is 1. The molecule has 38 heavy (non-hydrogen) atoms. The van der Waals surface area contributed by atoms with Crippen LogP contribution in [0.15, 0.2) is 34.1 Å². The summed E-state index contributed by atoms with van der Waals surface area (Å²) in [6.45, 7) is 12.3. The van der Waals surface area contributed by atoms with Crippen LogP contribution in [0.3, 0.4) is 0 Å². The predicted octanol–water partition coefficient (Wildman–Crippen LogP) is 6.40. The number of allylic oxidation sites excluding steroid dienone is 4. The Morgan fingerprint density at radius 1 is 1.29 bits per heavy atom. The number of esters is 1. The van der Waals surface area contributed by atoms with Crippen molar-refractivity contribution in [3.63, 3.8) is 0 Å². The highest BCUT2D eigenvalue weighted by atomic mass is 35.5. The number of phenolic OH excluding ortho intramolecular Hbond substituents is 1. The van der Waals surface area contributed by atoms with Gasteiger partial charge in [-0.15, -0.1) is 0 Å². The lowest BCUT2D eigenvalue weighted by atomic mass is 9.61. The van der Waals surface area contributed by atoms with Crippen LogP contribution < -0.4 is 4.74 Å². The number of halogens is 1. The lowest BCUT2D eigenvalue weighted by Crippen LogP contribution is -2.40. The molecule has 1 fully saturated rings. The standard InChI is InChI=1S/C29H41ClN2O6/c1-9-37-25(33)17-38-32-24-13-11-19(3)29(6,21(24)5)15-14-18(2)10-12-22-27(34)23(16-31-36-8)20(4)26(30)28(22)35-7/h10,14-16,19,21,34H,9,11-13,17H2,1-8H3/b15-14+,18-10+,31-16+,32-24+/t19-,21+,29+/m1/s1. The Kier molecular flexibility index (Phi) is 11.7. The molecule has 3 atom stereocenters. The molecule has 0 aromatic heterocycles. The van der Waals surface area contributed by atoms with E-state index in [0.29, 0.717) is 46.4 Å². The summed E-state index contributed by atoms with van der Waals surface area (Å²) < 4.78 is 10.4. The number of carbonyl (C=O) groups excluding carboxylic acids is 1. The van der Waals surface area contributed by atoms with E-state index in [1.165, 1.54) is 20.4 Å². The zero-order chi connectivity index (χ0) is 28.5. The predicted molar refractivity (Wildman–Crippen MR) is 151 cm³/mol. The van der Waals surface area contributed by atoms with Gasteiger partial charge in [-0.25, -0.2) is 4.79 Å². The number of hydrogen-bond acceptors (Lipinski definition) is 8. The van der Waals surface area contributed by atoms with Crippen LogP contribution in [0, 0.1) is 24.2 Å². The first-order valence-corrected chi connectivity index (χ1v) is 13.2. The van der Waals surface area contributed by atoms with E-state index in [2.05, 4.69) is 43.2 Å². The van der Waals surface area contributed by atoms with E-state index in [1.807, 2.05) is 13.0 Å². The van der Waals surface area contributed by atoms with Gasteiger partial charge in [0.2, 0.25) is 6.61 Å². The highest BCUT2D eigenvalue weighted by Crippen LogP contribution is 2.45. The van der Waals surface area contributed by atoms with Gasteiger partial charge in [0.25, 0.3) is 0 Å². The number of nitrogens with zero attached hydrogens (tertiary/aromatic N) is 2. The molecule has 0 unspecified atom stereocenters. The van der Waals surface area contributed by atoms with Crippen molar-refractivity contribution in [3.8, 4) is 11.5 Å². The summed E-state index contributed by atoms with van der Waals surface area (Å²) in [6, 6.07) is 0. The molecule has 0 amide bonds. The molecule has 0 radical (unpaired) electrons. The topological polar surface area (TPSA) is 98.9 Å². The molecular formula is C29H41ClN2O6. The molecule has 0 saturated heterocycles. The fourth-order valence-corrected chi connectivity index (χ4v) is 4.95. The number of oxime groups is 2. The van der Waals surface area contributed by atoms with Gasteiger partial charge in [-0.2, -0.15) is 0 Å². The van der Waals surface area contributed by atoms with Crippen molar-refractivity contribution in [2.45, 2.75) is 60.8 Å². The van der Waals surface area contributed by atoms with E-state index in [4.69, 9.17) is 30.7 Å². The van der Waals surface area contributed by atoms with E-state index in [-0.39, 0.29) is 23.7 Å². The fraction of sp³-hybridized carbons (Fsp3) is 0.552. The van der Waals surface area contributed by atoms with Gasteiger partial charge < -0.3 is 24.3 Å². The molecule has 0 bridgehead atoms. The number of aromatic hydroxyl groups is 1. The summed E-state index contributed by atoms with van der Waals surface area (Å²) in [5, 5.41) is 19.5. The molecule has 1 aliphatic rings. The van der Waals surface area contributed by atoms with Crippen LogP contribution in [0.25, 0.3) is 0 Å². The summed E-state index contributed by atoms with van der Waals surface area (Å²) in [5.41, 5.74) is 3.53. The average Bonchev–Trinajstić information content (AvgIpc) is 2.89. The zero-order valence-corrected chi connectivity index (χ0v) is 24.5. The number of benzene rings is 1. The molecule has 8 nitrogen and oxygen atoms in total. The molecule has 0 heterocycles. The van der Waals surface area contributed by atoms with Crippen molar-refractivity contribution >= 4 is 29.5 Å². The van der Waals surface area contributed by atoms with Crippen LogP contribution in [-0.2, 0) is 25.6 Å². The van der Waals surface area contributed by atoms with Gasteiger partial charge in [0, 0.05) is 17.0 Å². The Balaban J connectivity index is 2.27. The second-order valence-corrected chi connectivity index (χ2v) is 10.2. The first-order valence-electron chi connectivity index (χ1n) is 12.9. The van der Waals surface area contributed by atoms with E-state index in [0.717, 1.165) is 24.1 Å². The van der Waals surface area contributed by atoms with Gasteiger partial charge in [0.1, 0.15) is 18.6 Å². The Labute approximate surface area is 231 Å². The average molecular weight is 549 g/mol. The summed E-state index contributed by atoms with van der Waals surface area (Å²) in [4.78, 5) is 21.7. The first-order chi connectivity index (χ1) is 18.0. The van der Waals surface area contributed by atoms with Crippen LogP contribution in [-0.4, -0.2) is 50.4 Å². The minimum atomic E-state index is -0.423. The molecule has 1 aromatic rings. The van der Waals surface area contributed by atoms with Crippen LogP contribution in [0.2, 0.25) is 5.02 Å². The zero-order valence-electron chi connectivity index (χ0n) is 23.8. The second-order valence-electron chi connectivity index (χ2n) is 9.80. The summed E-state index contributed by atoms with van der Waals surface area (Å²) >= 11 is 6.55. The minimum absolute atomic E-state index is 0.0581. The lowest BCUT2D eigenvalue weighted by molar-refractivity contribution is -0.148. The SMILES string of the molecule is CCOC(=O)CO/N=C1\CC[C@@H](C)[C@](C)(/C=C/C(C)=C/Cc2c(O)c(/C=N/OC)c(C)c(Cl)c2OC)[C@H]1C. The van der Waals surface area contributed by atoms with Crippen molar-refractivity contribution in [2.24, 2.45) is 27.6 Å². The Morgan fingerprint density at radius 2 is 2.00 bits per heavy atom. The molecule has 1 N–H and O–H groups in total. The molecule has 1 saturated carbocycles. The number of methoxy groups -OCH3 is 1. The summed E-state index contributed by atoms with van der Waals surface area (Å²) in [6.07, 6.45) is 10.00. The molecular weight excluding hydrogens is 508 g/mol. The van der Waals surface area contributed by atoms with Gasteiger partial charge in [-0.3, -0.25) is 0 Å². The lowest BCUT2D eigenvalue weighted by Gasteiger charge is -2.43. The normalized spacial score (nSPS) is 23.3. The molecule has 9 heteroatoms. The van der Waals surface area contributed by atoms with Gasteiger partial charge in [-0.05, 0) is 56.9 Å². The third kappa shape index (κ3) is 7.31. The first kappa shape index (κ1) is 31.2. The summed E-state index contributed by atoms with van der Waals surface area (Å²) in [7, 11) is 2.97. The molecule has 1 aromatic carbocycles. The van der Waals surface area contributed by atoms with E-state index < -0.39 is 5.97 Å². The van der Waals surface area contributed by atoms with E-state index in [1.54, 1.807) is 13.8 Å². The number of phenols is 1.